The average molecular weight is 346 g/mol. The van der Waals surface area contributed by atoms with Gasteiger partial charge in [0.2, 0.25) is 0 Å². The van der Waals surface area contributed by atoms with Crippen molar-refractivity contribution in [2.75, 3.05) is 0 Å². The molecule has 0 saturated carbocycles. The molecule has 0 spiro atoms. The summed E-state index contributed by atoms with van der Waals surface area (Å²) in [5, 5.41) is 2.63. The Bertz CT molecular complexity index is 769. The van der Waals surface area contributed by atoms with Crippen LogP contribution in [0.15, 0.2) is 60.7 Å². The van der Waals surface area contributed by atoms with Crippen LogP contribution in [-0.4, -0.2) is 21.2 Å². The van der Waals surface area contributed by atoms with Crippen molar-refractivity contribution in [3.05, 3.63) is 71.2 Å². The summed E-state index contributed by atoms with van der Waals surface area (Å²) >= 11 is 6.21. The number of aldehydes is 1. The van der Waals surface area contributed by atoms with Gasteiger partial charge in [0.25, 0.3) is 0 Å². The van der Waals surface area contributed by atoms with Crippen LogP contribution in [0.5, 0.6) is 0 Å². The van der Waals surface area contributed by atoms with Crippen molar-refractivity contribution in [3.8, 4) is 0 Å². The predicted molar refractivity (Wildman–Crippen MR) is 85.8 cm³/mol. The number of hydrogen-bond donors (Lipinski definition) is 0. The number of rotatable bonds is 3. The van der Waals surface area contributed by atoms with Crippen LogP contribution in [0.3, 0.4) is 0 Å². The molecule has 0 bridgehead atoms. The van der Waals surface area contributed by atoms with E-state index in [1.54, 1.807) is 0 Å². The normalized spacial score (nSPS) is 10.7. The molecule has 0 radical (unpaired) electrons. The van der Waals surface area contributed by atoms with Crippen LogP contribution in [0.2, 0.25) is 5.02 Å². The molecule has 0 N–H and O–H groups in total. The van der Waals surface area contributed by atoms with E-state index in [2.05, 4.69) is 18.2 Å². The molecular weight excluding hydrogens is 335 g/mol. The van der Waals surface area contributed by atoms with Crippen LogP contribution >= 0.6 is 11.6 Å². The van der Waals surface area contributed by atoms with Crippen LogP contribution < -0.4 is 8.92 Å². The van der Waals surface area contributed by atoms with E-state index in [1.807, 2.05) is 42.5 Å². The first kappa shape index (κ1) is 13.4. The SMILES string of the molecule is O=Cc1cc([Se]c2ccccc2)cc2ccc(Cl)cc12. The van der Waals surface area contributed by atoms with Gasteiger partial charge < -0.3 is 0 Å². The third-order valence-electron chi connectivity index (χ3n) is 3.03. The Morgan fingerprint density at radius 3 is 2.45 bits per heavy atom. The first-order valence-corrected chi connectivity index (χ1v) is 8.27. The Kier molecular flexibility index (Phi) is 3.88. The molecule has 0 aliphatic carbocycles. The number of hydrogen-bond acceptors (Lipinski definition) is 1. The van der Waals surface area contributed by atoms with E-state index in [-0.39, 0.29) is 15.0 Å². The van der Waals surface area contributed by atoms with Crippen LogP contribution in [0, 0.1) is 0 Å². The van der Waals surface area contributed by atoms with E-state index in [0.717, 1.165) is 17.1 Å². The number of benzene rings is 3. The molecule has 0 aliphatic heterocycles. The Balaban J connectivity index is 2.09. The summed E-state index contributed by atoms with van der Waals surface area (Å²) in [7, 11) is 0. The van der Waals surface area contributed by atoms with Gasteiger partial charge in [0.05, 0.1) is 0 Å². The summed E-state index contributed by atoms with van der Waals surface area (Å²) in [5.74, 6) is 0. The predicted octanol–water partition coefficient (Wildman–Crippen LogP) is 2.96. The Labute approximate surface area is 128 Å². The van der Waals surface area contributed by atoms with Gasteiger partial charge in [-0.05, 0) is 0 Å². The van der Waals surface area contributed by atoms with E-state index in [9.17, 15) is 4.79 Å². The first-order chi connectivity index (χ1) is 9.76. The molecule has 0 atom stereocenters. The zero-order valence-corrected chi connectivity index (χ0v) is 13.0. The Morgan fingerprint density at radius 2 is 1.70 bits per heavy atom. The van der Waals surface area contributed by atoms with Crippen LogP contribution in [0.1, 0.15) is 10.4 Å². The van der Waals surface area contributed by atoms with Crippen LogP contribution in [0.25, 0.3) is 10.8 Å². The molecular formula is C17H11ClOSe. The van der Waals surface area contributed by atoms with Gasteiger partial charge in [-0.3, -0.25) is 0 Å². The monoisotopic (exact) mass is 346 g/mol. The zero-order valence-electron chi connectivity index (χ0n) is 10.5. The van der Waals surface area contributed by atoms with Gasteiger partial charge in [-0.15, -0.1) is 0 Å². The summed E-state index contributed by atoms with van der Waals surface area (Å²) in [6, 6.07) is 20.1. The topological polar surface area (TPSA) is 17.1 Å². The van der Waals surface area contributed by atoms with Crippen molar-refractivity contribution in [2.45, 2.75) is 0 Å². The molecule has 0 aliphatic rings. The molecule has 0 fully saturated rings. The van der Waals surface area contributed by atoms with Gasteiger partial charge in [0, 0.05) is 0 Å². The molecule has 0 aromatic heterocycles. The van der Waals surface area contributed by atoms with E-state index < -0.39 is 0 Å². The summed E-state index contributed by atoms with van der Waals surface area (Å²) in [6.07, 6.45) is 0.906. The molecule has 98 valence electrons. The van der Waals surface area contributed by atoms with Crippen molar-refractivity contribution < 1.29 is 4.79 Å². The maximum atomic E-state index is 11.3. The standard InChI is InChI=1S/C17H11ClOSe/c18-14-7-6-12-8-16(9-13(11-19)17(12)10-14)20-15-4-2-1-3-5-15/h1-11H. The van der Waals surface area contributed by atoms with Gasteiger partial charge in [-0.1, -0.05) is 0 Å². The van der Waals surface area contributed by atoms with Crippen LogP contribution in [0.4, 0.5) is 0 Å². The molecule has 0 heterocycles. The minimum absolute atomic E-state index is 0.201. The molecule has 0 unspecified atom stereocenters. The molecule has 0 amide bonds. The number of halogens is 1. The van der Waals surface area contributed by atoms with Crippen molar-refractivity contribution in [1.29, 1.82) is 0 Å². The van der Waals surface area contributed by atoms with E-state index in [1.165, 1.54) is 8.92 Å². The summed E-state index contributed by atoms with van der Waals surface area (Å²) in [4.78, 5) is 11.3. The average Bonchev–Trinajstić information content (AvgIpc) is 2.48. The molecule has 3 heteroatoms. The second kappa shape index (κ2) is 5.80. The van der Waals surface area contributed by atoms with E-state index in [0.29, 0.717) is 10.6 Å². The van der Waals surface area contributed by atoms with Crippen molar-refractivity contribution in [2.24, 2.45) is 0 Å². The van der Waals surface area contributed by atoms with Crippen molar-refractivity contribution >= 4 is 52.5 Å². The second-order valence-corrected chi connectivity index (χ2v) is 7.25. The fourth-order valence-corrected chi connectivity index (χ4v) is 4.25. The van der Waals surface area contributed by atoms with Gasteiger partial charge in [-0.25, -0.2) is 0 Å². The summed E-state index contributed by atoms with van der Waals surface area (Å²) in [5.41, 5.74) is 0.706. The van der Waals surface area contributed by atoms with Crippen molar-refractivity contribution in [3.63, 3.8) is 0 Å². The molecule has 0 saturated heterocycles. The Hall–Kier alpha value is -1.60. The number of carbonyl (C=O) groups is 1. The third-order valence-corrected chi connectivity index (χ3v) is 5.32. The van der Waals surface area contributed by atoms with Gasteiger partial charge in [0.15, 0.2) is 0 Å². The quantitative estimate of drug-likeness (QED) is 0.527. The van der Waals surface area contributed by atoms with Gasteiger partial charge >= 0.3 is 129 Å². The molecule has 3 rings (SSSR count). The zero-order chi connectivity index (χ0) is 13.9. The number of carbonyl (C=O) groups excluding carboxylic acids is 1. The second-order valence-electron chi connectivity index (χ2n) is 4.41. The third kappa shape index (κ3) is 2.78. The first-order valence-electron chi connectivity index (χ1n) is 6.18. The molecule has 1 nitrogen and oxygen atoms in total. The Morgan fingerprint density at radius 1 is 0.900 bits per heavy atom. The molecule has 3 aromatic rings. The van der Waals surface area contributed by atoms with E-state index >= 15 is 0 Å². The van der Waals surface area contributed by atoms with Crippen LogP contribution in [-0.2, 0) is 0 Å². The minimum atomic E-state index is 0.201. The van der Waals surface area contributed by atoms with E-state index in [4.69, 9.17) is 11.6 Å². The summed E-state index contributed by atoms with van der Waals surface area (Å²) in [6.45, 7) is 0. The fraction of sp³-hybridized carbons (Fsp3) is 0. The molecule has 3 aromatic carbocycles. The van der Waals surface area contributed by atoms with Crippen molar-refractivity contribution in [1.82, 2.24) is 0 Å². The molecule has 20 heavy (non-hydrogen) atoms. The van der Waals surface area contributed by atoms with Gasteiger partial charge in [-0.2, -0.15) is 0 Å². The number of fused-ring (bicyclic) bond motifs is 1. The van der Waals surface area contributed by atoms with Gasteiger partial charge in [0.1, 0.15) is 0 Å². The fourth-order valence-electron chi connectivity index (χ4n) is 2.11. The summed E-state index contributed by atoms with van der Waals surface area (Å²) < 4.78 is 2.49. The maximum absolute atomic E-state index is 11.3.